The van der Waals surface area contributed by atoms with Gasteiger partial charge in [-0.3, -0.25) is 0 Å². The third-order valence-corrected chi connectivity index (χ3v) is 3.56. The van der Waals surface area contributed by atoms with Crippen molar-refractivity contribution in [2.24, 2.45) is 11.3 Å². The molecule has 3 heteroatoms. The molecule has 0 aromatic heterocycles. The minimum Gasteiger partial charge on any atom is -0.383 e. The molecular formula is C13H29NO2. The van der Waals surface area contributed by atoms with E-state index in [1.54, 1.807) is 14.2 Å². The van der Waals surface area contributed by atoms with Gasteiger partial charge in [-0.2, -0.15) is 0 Å². The van der Waals surface area contributed by atoms with E-state index in [0.29, 0.717) is 12.0 Å². The van der Waals surface area contributed by atoms with Crippen LogP contribution in [-0.2, 0) is 9.47 Å². The maximum absolute atomic E-state index is 5.37. The van der Waals surface area contributed by atoms with Crippen LogP contribution < -0.4 is 5.32 Å². The summed E-state index contributed by atoms with van der Waals surface area (Å²) in [6.45, 7) is 11.7. The minimum absolute atomic E-state index is 0.281. The first kappa shape index (κ1) is 15.9. The Balaban J connectivity index is 4.12. The first-order chi connectivity index (χ1) is 7.46. The van der Waals surface area contributed by atoms with E-state index in [9.17, 15) is 0 Å². The van der Waals surface area contributed by atoms with Crippen LogP contribution in [0, 0.1) is 11.3 Å². The van der Waals surface area contributed by atoms with Crippen LogP contribution in [0.25, 0.3) is 0 Å². The second-order valence-electron chi connectivity index (χ2n) is 5.23. The number of methoxy groups -OCH3 is 2. The predicted molar refractivity (Wildman–Crippen MR) is 68.8 cm³/mol. The molecule has 0 bridgehead atoms. The molecule has 0 amide bonds. The van der Waals surface area contributed by atoms with Crippen LogP contribution in [0.15, 0.2) is 0 Å². The van der Waals surface area contributed by atoms with Gasteiger partial charge in [0.05, 0.1) is 12.7 Å². The Morgan fingerprint density at radius 1 is 1.19 bits per heavy atom. The van der Waals surface area contributed by atoms with Gasteiger partial charge in [-0.1, -0.05) is 20.8 Å². The smallest absolute Gasteiger partial charge is 0.0587 e. The molecule has 0 aromatic carbocycles. The Morgan fingerprint density at radius 3 is 2.25 bits per heavy atom. The second-order valence-corrected chi connectivity index (χ2v) is 5.23. The van der Waals surface area contributed by atoms with Gasteiger partial charge in [0.2, 0.25) is 0 Å². The molecule has 0 saturated carbocycles. The maximum atomic E-state index is 5.37. The molecule has 0 aliphatic rings. The van der Waals surface area contributed by atoms with E-state index in [2.05, 4.69) is 33.0 Å². The van der Waals surface area contributed by atoms with Crippen molar-refractivity contribution in [3.63, 3.8) is 0 Å². The summed E-state index contributed by atoms with van der Waals surface area (Å²) >= 11 is 0. The van der Waals surface area contributed by atoms with Gasteiger partial charge in [0, 0.05) is 27.3 Å². The van der Waals surface area contributed by atoms with E-state index in [0.717, 1.165) is 26.1 Å². The Hall–Kier alpha value is -0.120. The summed E-state index contributed by atoms with van der Waals surface area (Å²) < 4.78 is 10.4. The topological polar surface area (TPSA) is 30.5 Å². The van der Waals surface area contributed by atoms with E-state index >= 15 is 0 Å². The second kappa shape index (κ2) is 8.04. The number of nitrogens with one attached hydrogen (secondary N) is 1. The standard InChI is InChI=1S/C13H29NO2/c1-11(2)13(4,9-12(3)16-6)10-14-7-8-15-5/h11-12,14H,7-10H2,1-6H3. The SMILES string of the molecule is COCCNCC(C)(CC(C)OC)C(C)C. The highest BCUT2D eigenvalue weighted by Crippen LogP contribution is 2.32. The molecule has 0 rings (SSSR count). The van der Waals surface area contributed by atoms with Crippen molar-refractivity contribution in [2.75, 3.05) is 33.9 Å². The lowest BCUT2D eigenvalue weighted by Gasteiger charge is -2.36. The molecule has 0 aliphatic carbocycles. The lowest BCUT2D eigenvalue weighted by Crippen LogP contribution is -2.39. The molecule has 0 aliphatic heterocycles. The Kier molecular flexibility index (Phi) is 7.98. The van der Waals surface area contributed by atoms with E-state index in [1.165, 1.54) is 0 Å². The number of hydrogen-bond acceptors (Lipinski definition) is 3. The summed E-state index contributed by atoms with van der Waals surface area (Å²) in [4.78, 5) is 0. The first-order valence-electron chi connectivity index (χ1n) is 6.18. The van der Waals surface area contributed by atoms with Crippen molar-refractivity contribution in [1.82, 2.24) is 5.32 Å². The summed E-state index contributed by atoms with van der Waals surface area (Å²) in [7, 11) is 3.51. The Labute approximate surface area is 101 Å². The monoisotopic (exact) mass is 231 g/mol. The molecule has 2 atom stereocenters. The summed E-state index contributed by atoms with van der Waals surface area (Å²) in [5.41, 5.74) is 0.281. The lowest BCUT2D eigenvalue weighted by molar-refractivity contribution is 0.0496. The van der Waals surface area contributed by atoms with Gasteiger partial charge in [0.15, 0.2) is 0 Å². The summed E-state index contributed by atoms with van der Waals surface area (Å²) in [5.74, 6) is 0.639. The lowest BCUT2D eigenvalue weighted by atomic mass is 9.75. The van der Waals surface area contributed by atoms with Gasteiger partial charge >= 0.3 is 0 Å². The zero-order valence-electron chi connectivity index (χ0n) is 11.8. The third-order valence-electron chi connectivity index (χ3n) is 3.56. The van der Waals surface area contributed by atoms with Crippen LogP contribution in [0.3, 0.4) is 0 Å². The molecule has 0 aromatic rings. The van der Waals surface area contributed by atoms with Gasteiger partial charge in [0.25, 0.3) is 0 Å². The molecule has 3 nitrogen and oxygen atoms in total. The summed E-state index contributed by atoms with van der Waals surface area (Å²) in [5, 5.41) is 3.46. The van der Waals surface area contributed by atoms with E-state index in [-0.39, 0.29) is 5.41 Å². The van der Waals surface area contributed by atoms with Crippen LogP contribution in [0.1, 0.15) is 34.1 Å². The largest absolute Gasteiger partial charge is 0.383 e. The van der Waals surface area contributed by atoms with E-state index in [4.69, 9.17) is 9.47 Å². The third kappa shape index (κ3) is 5.83. The van der Waals surface area contributed by atoms with Crippen molar-refractivity contribution >= 4 is 0 Å². The predicted octanol–water partition coefficient (Wildman–Crippen LogP) is 2.31. The molecule has 1 N–H and O–H groups in total. The van der Waals surface area contributed by atoms with Crippen molar-refractivity contribution in [3.05, 3.63) is 0 Å². The van der Waals surface area contributed by atoms with Crippen molar-refractivity contribution in [2.45, 2.75) is 40.2 Å². The molecule has 0 spiro atoms. The molecule has 0 saturated heterocycles. The van der Waals surface area contributed by atoms with Gasteiger partial charge in [-0.15, -0.1) is 0 Å². The first-order valence-corrected chi connectivity index (χ1v) is 6.18. The number of ether oxygens (including phenoxy) is 2. The molecule has 16 heavy (non-hydrogen) atoms. The average Bonchev–Trinajstić information content (AvgIpc) is 2.24. The van der Waals surface area contributed by atoms with Crippen LogP contribution in [0.5, 0.6) is 0 Å². The van der Waals surface area contributed by atoms with E-state index in [1.807, 2.05) is 0 Å². The number of hydrogen-bond donors (Lipinski definition) is 1. The van der Waals surface area contributed by atoms with Crippen LogP contribution >= 0.6 is 0 Å². The summed E-state index contributed by atoms with van der Waals surface area (Å²) in [6, 6.07) is 0. The normalized spacial score (nSPS) is 17.4. The fourth-order valence-corrected chi connectivity index (χ4v) is 1.80. The zero-order valence-corrected chi connectivity index (χ0v) is 11.8. The van der Waals surface area contributed by atoms with Crippen LogP contribution in [-0.4, -0.2) is 40.0 Å². The zero-order chi connectivity index (χ0) is 12.6. The van der Waals surface area contributed by atoms with Gasteiger partial charge in [-0.05, 0) is 24.7 Å². The van der Waals surface area contributed by atoms with Crippen LogP contribution in [0.2, 0.25) is 0 Å². The van der Waals surface area contributed by atoms with Crippen molar-refractivity contribution in [1.29, 1.82) is 0 Å². The van der Waals surface area contributed by atoms with Gasteiger partial charge in [-0.25, -0.2) is 0 Å². The van der Waals surface area contributed by atoms with Gasteiger partial charge in [0.1, 0.15) is 0 Å². The summed E-state index contributed by atoms with van der Waals surface area (Å²) in [6.07, 6.45) is 1.40. The molecule has 0 radical (unpaired) electrons. The molecule has 0 heterocycles. The fourth-order valence-electron chi connectivity index (χ4n) is 1.80. The van der Waals surface area contributed by atoms with Gasteiger partial charge < -0.3 is 14.8 Å². The molecule has 2 unspecified atom stereocenters. The van der Waals surface area contributed by atoms with Crippen molar-refractivity contribution in [3.8, 4) is 0 Å². The van der Waals surface area contributed by atoms with Crippen molar-refractivity contribution < 1.29 is 9.47 Å². The number of rotatable bonds is 9. The minimum atomic E-state index is 0.281. The molecule has 98 valence electrons. The highest BCUT2D eigenvalue weighted by molar-refractivity contribution is 4.82. The molecule has 0 fully saturated rings. The molecular weight excluding hydrogens is 202 g/mol. The highest BCUT2D eigenvalue weighted by Gasteiger charge is 2.29. The van der Waals surface area contributed by atoms with Crippen LogP contribution in [0.4, 0.5) is 0 Å². The average molecular weight is 231 g/mol. The maximum Gasteiger partial charge on any atom is 0.0587 e. The highest BCUT2D eigenvalue weighted by atomic mass is 16.5. The fraction of sp³-hybridized carbons (Fsp3) is 1.00. The van der Waals surface area contributed by atoms with E-state index < -0.39 is 0 Å². The quantitative estimate of drug-likeness (QED) is 0.618. The Bertz CT molecular complexity index is 173. The Morgan fingerprint density at radius 2 is 1.81 bits per heavy atom.